The maximum absolute atomic E-state index is 13.1. The number of aromatic nitrogens is 2. The normalized spacial score (nSPS) is 15.7. The van der Waals surface area contributed by atoms with Gasteiger partial charge in [0.1, 0.15) is 10.4 Å². The first kappa shape index (κ1) is 23.7. The zero-order valence-corrected chi connectivity index (χ0v) is 19.7. The summed E-state index contributed by atoms with van der Waals surface area (Å²) in [7, 11) is 0. The van der Waals surface area contributed by atoms with Gasteiger partial charge in [0.25, 0.3) is 5.91 Å². The molecule has 0 saturated carbocycles. The first-order valence-corrected chi connectivity index (χ1v) is 11.5. The van der Waals surface area contributed by atoms with Crippen LogP contribution in [0.3, 0.4) is 0 Å². The minimum Gasteiger partial charge on any atom is -0.481 e. The number of nitrogens with zero attached hydrogens (tertiary/aromatic N) is 3. The van der Waals surface area contributed by atoms with Gasteiger partial charge in [-0.15, -0.1) is 0 Å². The molecule has 2 aromatic carbocycles. The van der Waals surface area contributed by atoms with Crippen molar-refractivity contribution in [3.63, 3.8) is 0 Å². The molecule has 172 valence electrons. The number of hydrogen-bond donors (Lipinski definition) is 2. The predicted octanol–water partition coefficient (Wildman–Crippen LogP) is 4.32. The average molecular weight is 514 g/mol. The zero-order valence-electron chi connectivity index (χ0n) is 17.3. The minimum absolute atomic E-state index is 0.0200. The summed E-state index contributed by atoms with van der Waals surface area (Å²) in [4.78, 5) is 36.8. The topological polar surface area (TPSA) is 113 Å². The summed E-state index contributed by atoms with van der Waals surface area (Å²) in [5, 5.41) is 23.8. The number of carboxylic acids is 2. The Balaban J connectivity index is 1.77. The lowest BCUT2D eigenvalue weighted by Gasteiger charge is -2.21. The van der Waals surface area contributed by atoms with Crippen molar-refractivity contribution < 1.29 is 24.6 Å². The largest absolute Gasteiger partial charge is 0.481 e. The fourth-order valence-electron chi connectivity index (χ4n) is 3.38. The smallest absolute Gasteiger partial charge is 0.327 e. The van der Waals surface area contributed by atoms with Crippen molar-refractivity contribution in [3.8, 4) is 16.9 Å². The molecule has 1 atom stereocenters. The van der Waals surface area contributed by atoms with Crippen LogP contribution in [-0.2, 0) is 14.4 Å². The Kier molecular flexibility index (Phi) is 6.82. The van der Waals surface area contributed by atoms with E-state index >= 15 is 0 Å². The maximum Gasteiger partial charge on any atom is 0.327 e. The number of thiocarbonyl (C=S) groups is 1. The molecule has 2 N–H and O–H groups in total. The molecule has 0 radical (unpaired) electrons. The van der Waals surface area contributed by atoms with E-state index in [1.807, 2.05) is 30.3 Å². The molecule has 0 unspecified atom stereocenters. The number of halogens is 1. The molecule has 34 heavy (non-hydrogen) atoms. The van der Waals surface area contributed by atoms with Crippen LogP contribution >= 0.6 is 35.6 Å². The molecule has 8 nitrogen and oxygen atoms in total. The van der Waals surface area contributed by atoms with Crippen LogP contribution in [0.2, 0.25) is 5.02 Å². The molecule has 3 aromatic rings. The average Bonchev–Trinajstić information content (AvgIpc) is 3.34. The van der Waals surface area contributed by atoms with E-state index in [-0.39, 0.29) is 9.23 Å². The van der Waals surface area contributed by atoms with Crippen LogP contribution in [0.15, 0.2) is 65.7 Å². The van der Waals surface area contributed by atoms with Crippen molar-refractivity contribution in [3.05, 3.63) is 76.3 Å². The van der Waals surface area contributed by atoms with Crippen molar-refractivity contribution in [1.29, 1.82) is 0 Å². The van der Waals surface area contributed by atoms with Gasteiger partial charge in [-0.25, -0.2) is 9.48 Å². The van der Waals surface area contributed by atoms with Crippen LogP contribution in [0.5, 0.6) is 0 Å². The van der Waals surface area contributed by atoms with Gasteiger partial charge in [0.2, 0.25) is 0 Å². The fraction of sp³-hybridized carbons (Fsp3) is 0.0870. The first-order chi connectivity index (χ1) is 16.2. The molecule has 0 bridgehead atoms. The molecule has 1 amide bonds. The van der Waals surface area contributed by atoms with E-state index in [0.717, 1.165) is 27.9 Å². The van der Waals surface area contributed by atoms with Gasteiger partial charge in [0.05, 0.1) is 22.7 Å². The second-order valence-electron chi connectivity index (χ2n) is 7.22. The standard InChI is InChI=1S/C23H16ClN3O5S2/c24-15-8-6-13(7-9-15)20-14(12-26(25-20)16-4-2-1-3-5-16)10-18-21(30)27(23(33)34-18)17(22(31)32)11-19(28)29/h1-10,12,17H,11H2,(H,28,29)(H,31,32)/b18-10+/t17-/m0/s1. The summed E-state index contributed by atoms with van der Waals surface area (Å²) < 4.78 is 1.65. The van der Waals surface area contributed by atoms with Crippen LogP contribution in [0, 0.1) is 0 Å². The highest BCUT2D eigenvalue weighted by Gasteiger charge is 2.41. The Morgan fingerprint density at radius 3 is 2.41 bits per heavy atom. The van der Waals surface area contributed by atoms with E-state index in [9.17, 15) is 19.5 Å². The molecule has 0 aliphatic carbocycles. The van der Waals surface area contributed by atoms with E-state index < -0.39 is 30.3 Å². The Labute approximate surface area is 208 Å². The molecule has 4 rings (SSSR count). The number of benzene rings is 2. The highest BCUT2D eigenvalue weighted by molar-refractivity contribution is 8.26. The number of rotatable bonds is 7. The molecule has 1 aliphatic rings. The van der Waals surface area contributed by atoms with Crippen LogP contribution in [0.4, 0.5) is 0 Å². The number of thioether (sulfide) groups is 1. The summed E-state index contributed by atoms with van der Waals surface area (Å²) in [6.07, 6.45) is 2.56. The highest BCUT2D eigenvalue weighted by atomic mass is 35.5. The summed E-state index contributed by atoms with van der Waals surface area (Å²) in [5.41, 5.74) is 2.73. The summed E-state index contributed by atoms with van der Waals surface area (Å²) in [5.74, 6) is -3.46. The van der Waals surface area contributed by atoms with Crippen LogP contribution in [0.1, 0.15) is 12.0 Å². The van der Waals surface area contributed by atoms with Crippen molar-refractivity contribution in [2.24, 2.45) is 0 Å². The SMILES string of the molecule is O=C(O)C[C@@H](C(=O)O)N1C(=O)/C(=C\c2cn(-c3ccccc3)nc2-c2ccc(Cl)cc2)SC1=S. The van der Waals surface area contributed by atoms with E-state index in [4.69, 9.17) is 28.9 Å². The lowest BCUT2D eigenvalue weighted by molar-refractivity contribution is -0.150. The van der Waals surface area contributed by atoms with Crippen molar-refractivity contribution in [2.75, 3.05) is 0 Å². The highest BCUT2D eigenvalue weighted by Crippen LogP contribution is 2.36. The van der Waals surface area contributed by atoms with Crippen molar-refractivity contribution in [2.45, 2.75) is 12.5 Å². The molecule has 1 fully saturated rings. The number of aliphatic carboxylic acids is 2. The van der Waals surface area contributed by atoms with Crippen molar-refractivity contribution in [1.82, 2.24) is 14.7 Å². The van der Waals surface area contributed by atoms with Crippen molar-refractivity contribution >= 4 is 63.8 Å². The van der Waals surface area contributed by atoms with Gasteiger partial charge in [-0.2, -0.15) is 5.10 Å². The number of amides is 1. The number of carboxylic acid groups (broad SMARTS) is 2. The Bertz CT molecular complexity index is 1320. The lowest BCUT2D eigenvalue weighted by Crippen LogP contribution is -2.45. The number of carbonyl (C=O) groups excluding carboxylic acids is 1. The predicted molar refractivity (Wildman–Crippen MR) is 133 cm³/mol. The Hall–Kier alpha value is -3.47. The van der Waals surface area contributed by atoms with Gasteiger partial charge in [0.15, 0.2) is 0 Å². The number of hydrogen-bond acceptors (Lipinski definition) is 6. The third-order valence-corrected chi connectivity index (χ3v) is 6.54. The molecule has 0 spiro atoms. The first-order valence-electron chi connectivity index (χ1n) is 9.87. The van der Waals surface area contributed by atoms with Gasteiger partial charge in [-0.1, -0.05) is 65.9 Å². The van der Waals surface area contributed by atoms with Crippen LogP contribution in [-0.4, -0.2) is 53.1 Å². The van der Waals surface area contributed by atoms with Crippen LogP contribution in [0.25, 0.3) is 23.0 Å². The molecular formula is C23H16ClN3O5S2. The quantitative estimate of drug-likeness (QED) is 0.355. The Morgan fingerprint density at radius 1 is 1.12 bits per heavy atom. The summed E-state index contributed by atoms with van der Waals surface area (Å²) in [6, 6.07) is 14.9. The number of carbonyl (C=O) groups is 3. The van der Waals surface area contributed by atoms with E-state index in [2.05, 4.69) is 5.10 Å². The Morgan fingerprint density at radius 2 is 1.79 bits per heavy atom. The van der Waals surface area contributed by atoms with Gasteiger partial charge in [0, 0.05) is 22.3 Å². The zero-order chi connectivity index (χ0) is 24.4. The summed E-state index contributed by atoms with van der Waals surface area (Å²) in [6.45, 7) is 0. The molecule has 2 heterocycles. The molecule has 11 heteroatoms. The monoisotopic (exact) mass is 513 g/mol. The van der Waals surface area contributed by atoms with Gasteiger partial charge >= 0.3 is 11.9 Å². The molecule has 1 aliphatic heterocycles. The third kappa shape index (κ3) is 4.89. The molecule has 1 saturated heterocycles. The fourth-order valence-corrected chi connectivity index (χ4v) is 4.86. The molecule has 1 aromatic heterocycles. The lowest BCUT2D eigenvalue weighted by atomic mass is 10.1. The summed E-state index contributed by atoms with van der Waals surface area (Å²) >= 11 is 12.2. The second kappa shape index (κ2) is 9.80. The van der Waals surface area contributed by atoms with Crippen LogP contribution < -0.4 is 0 Å². The van der Waals surface area contributed by atoms with E-state index in [0.29, 0.717) is 16.3 Å². The van der Waals surface area contributed by atoms with E-state index in [1.54, 1.807) is 41.2 Å². The van der Waals surface area contributed by atoms with Gasteiger partial charge in [-0.05, 0) is 30.3 Å². The van der Waals surface area contributed by atoms with Gasteiger partial charge < -0.3 is 10.2 Å². The third-order valence-electron chi connectivity index (χ3n) is 4.96. The molecular weight excluding hydrogens is 498 g/mol. The minimum atomic E-state index is -1.60. The van der Waals surface area contributed by atoms with E-state index in [1.165, 1.54) is 0 Å². The number of para-hydroxylation sites is 1. The second-order valence-corrected chi connectivity index (χ2v) is 9.34. The maximum atomic E-state index is 13.1. The van der Waals surface area contributed by atoms with Gasteiger partial charge in [-0.3, -0.25) is 14.5 Å².